The molecular weight excluding hydrogens is 236 g/mol. The second kappa shape index (κ2) is 3.76. The standard InChI is InChI=1S/C17H26O2/c1-2-4-16(5-3-1)18-11-17(19-16)14-7-12-6-13(9-14)10-15(17)8-12/h12-15H,1-11H2. The lowest BCUT2D eigenvalue weighted by molar-refractivity contribution is -0.251. The molecule has 2 nitrogen and oxygen atoms in total. The molecule has 1 heterocycles. The molecule has 0 aromatic carbocycles. The third-order valence-corrected chi connectivity index (χ3v) is 7.07. The Kier molecular flexibility index (Phi) is 2.29. The van der Waals surface area contributed by atoms with Crippen LogP contribution in [0.4, 0.5) is 0 Å². The Morgan fingerprint density at radius 2 is 1.37 bits per heavy atom. The Labute approximate surface area is 116 Å². The highest BCUT2D eigenvalue weighted by Crippen LogP contribution is 2.63. The van der Waals surface area contributed by atoms with Crippen molar-refractivity contribution in [2.24, 2.45) is 23.7 Å². The van der Waals surface area contributed by atoms with Crippen LogP contribution in [0.25, 0.3) is 0 Å². The summed E-state index contributed by atoms with van der Waals surface area (Å²) >= 11 is 0. The maximum absolute atomic E-state index is 6.83. The van der Waals surface area contributed by atoms with E-state index in [1.54, 1.807) is 0 Å². The maximum Gasteiger partial charge on any atom is 0.169 e. The number of hydrogen-bond donors (Lipinski definition) is 0. The molecule has 0 amide bonds. The topological polar surface area (TPSA) is 18.5 Å². The fourth-order valence-corrected chi connectivity index (χ4v) is 6.37. The Balaban J connectivity index is 1.46. The van der Waals surface area contributed by atoms with E-state index in [0.29, 0.717) is 0 Å². The summed E-state index contributed by atoms with van der Waals surface area (Å²) in [6, 6.07) is 0. The molecular formula is C17H26O2. The average molecular weight is 262 g/mol. The van der Waals surface area contributed by atoms with E-state index >= 15 is 0 Å². The average Bonchev–Trinajstić information content (AvgIpc) is 2.77. The van der Waals surface area contributed by atoms with E-state index in [1.807, 2.05) is 0 Å². The van der Waals surface area contributed by atoms with Crippen LogP contribution < -0.4 is 0 Å². The van der Waals surface area contributed by atoms with E-state index in [2.05, 4.69) is 0 Å². The molecule has 19 heavy (non-hydrogen) atoms. The normalized spacial score (nSPS) is 54.3. The minimum Gasteiger partial charge on any atom is -0.347 e. The van der Waals surface area contributed by atoms with Crippen LogP contribution in [0.5, 0.6) is 0 Å². The summed E-state index contributed by atoms with van der Waals surface area (Å²) in [6.45, 7) is 0.918. The zero-order valence-corrected chi connectivity index (χ0v) is 11.9. The molecule has 4 bridgehead atoms. The third-order valence-electron chi connectivity index (χ3n) is 7.07. The molecule has 1 aliphatic heterocycles. The van der Waals surface area contributed by atoms with Gasteiger partial charge in [-0.2, -0.15) is 0 Å². The summed E-state index contributed by atoms with van der Waals surface area (Å²) in [5.41, 5.74) is 0.144. The van der Waals surface area contributed by atoms with Crippen molar-refractivity contribution in [3.63, 3.8) is 0 Å². The number of ether oxygens (including phenoxy) is 2. The Morgan fingerprint density at radius 1 is 0.737 bits per heavy atom. The van der Waals surface area contributed by atoms with Crippen LogP contribution in [0, 0.1) is 23.7 Å². The van der Waals surface area contributed by atoms with E-state index in [4.69, 9.17) is 9.47 Å². The zero-order valence-electron chi connectivity index (χ0n) is 11.9. The molecule has 2 heteroatoms. The van der Waals surface area contributed by atoms with Gasteiger partial charge in [0, 0.05) is 12.8 Å². The van der Waals surface area contributed by atoms with Crippen molar-refractivity contribution in [2.45, 2.75) is 75.6 Å². The Bertz CT molecular complexity index is 355. The molecule has 6 aliphatic rings. The summed E-state index contributed by atoms with van der Waals surface area (Å²) in [5.74, 6) is 3.54. The molecule has 6 rings (SSSR count). The monoisotopic (exact) mass is 262 g/mol. The molecule has 5 saturated carbocycles. The van der Waals surface area contributed by atoms with E-state index in [0.717, 1.165) is 43.1 Å². The van der Waals surface area contributed by atoms with E-state index < -0.39 is 0 Å². The smallest absolute Gasteiger partial charge is 0.169 e. The van der Waals surface area contributed by atoms with Gasteiger partial charge in [0.2, 0.25) is 0 Å². The van der Waals surface area contributed by atoms with Gasteiger partial charge in [0.15, 0.2) is 5.79 Å². The van der Waals surface area contributed by atoms with Gasteiger partial charge in [-0.15, -0.1) is 0 Å². The zero-order chi connectivity index (χ0) is 12.5. The fraction of sp³-hybridized carbons (Fsp3) is 1.00. The molecule has 1 saturated heterocycles. The van der Waals surface area contributed by atoms with E-state index in [-0.39, 0.29) is 11.4 Å². The van der Waals surface area contributed by atoms with Crippen LogP contribution in [0.1, 0.15) is 64.2 Å². The molecule has 0 unspecified atom stereocenters. The van der Waals surface area contributed by atoms with Crippen molar-refractivity contribution >= 4 is 0 Å². The first-order valence-corrected chi connectivity index (χ1v) is 8.62. The van der Waals surface area contributed by atoms with Crippen LogP contribution in [0.3, 0.4) is 0 Å². The SMILES string of the molecule is C1CCC2(CC1)OCC1(O2)C2CC3CC(C2)CC1C3. The van der Waals surface area contributed by atoms with E-state index in [9.17, 15) is 0 Å². The molecule has 2 spiro atoms. The highest BCUT2D eigenvalue weighted by Gasteiger charge is 2.64. The van der Waals surface area contributed by atoms with Crippen LogP contribution >= 0.6 is 0 Å². The summed E-state index contributed by atoms with van der Waals surface area (Å²) in [4.78, 5) is 0. The van der Waals surface area contributed by atoms with E-state index in [1.165, 1.54) is 51.4 Å². The molecule has 0 atom stereocenters. The van der Waals surface area contributed by atoms with Crippen molar-refractivity contribution < 1.29 is 9.47 Å². The minimum atomic E-state index is -0.159. The van der Waals surface area contributed by atoms with Crippen LogP contribution in [0.15, 0.2) is 0 Å². The number of hydrogen-bond acceptors (Lipinski definition) is 2. The minimum absolute atomic E-state index is 0.144. The molecule has 106 valence electrons. The Hall–Kier alpha value is -0.0800. The van der Waals surface area contributed by atoms with Gasteiger partial charge in [0.1, 0.15) is 5.60 Å². The highest BCUT2D eigenvalue weighted by molar-refractivity contribution is 5.10. The van der Waals surface area contributed by atoms with Crippen molar-refractivity contribution in [1.82, 2.24) is 0 Å². The summed E-state index contributed by atoms with van der Waals surface area (Å²) in [6.07, 6.45) is 13.6. The number of rotatable bonds is 0. The molecule has 6 fully saturated rings. The first-order chi connectivity index (χ1) is 9.28. The molecule has 0 radical (unpaired) electrons. The van der Waals surface area contributed by atoms with Gasteiger partial charge in [-0.05, 0) is 68.6 Å². The third kappa shape index (κ3) is 1.51. The maximum atomic E-state index is 6.83. The van der Waals surface area contributed by atoms with Crippen molar-refractivity contribution in [1.29, 1.82) is 0 Å². The lowest BCUT2D eigenvalue weighted by atomic mass is 9.50. The predicted molar refractivity (Wildman–Crippen MR) is 72.6 cm³/mol. The van der Waals surface area contributed by atoms with Gasteiger partial charge < -0.3 is 9.47 Å². The summed E-state index contributed by atoms with van der Waals surface area (Å²) in [5, 5.41) is 0. The lowest BCUT2D eigenvalue weighted by Crippen LogP contribution is -2.59. The first-order valence-electron chi connectivity index (χ1n) is 8.62. The van der Waals surface area contributed by atoms with Gasteiger partial charge in [-0.25, -0.2) is 0 Å². The molecule has 5 aliphatic carbocycles. The van der Waals surface area contributed by atoms with Gasteiger partial charge >= 0.3 is 0 Å². The van der Waals surface area contributed by atoms with Gasteiger partial charge in [0.05, 0.1) is 6.61 Å². The quantitative estimate of drug-likeness (QED) is 0.659. The Morgan fingerprint density at radius 3 is 2.00 bits per heavy atom. The van der Waals surface area contributed by atoms with Crippen LogP contribution in [0.2, 0.25) is 0 Å². The molecule has 0 aromatic heterocycles. The van der Waals surface area contributed by atoms with Crippen LogP contribution in [-0.4, -0.2) is 18.0 Å². The predicted octanol–water partition coefficient (Wildman–Crippen LogP) is 3.89. The largest absolute Gasteiger partial charge is 0.347 e. The van der Waals surface area contributed by atoms with Gasteiger partial charge in [-0.1, -0.05) is 6.42 Å². The van der Waals surface area contributed by atoms with Crippen molar-refractivity contribution in [3.8, 4) is 0 Å². The van der Waals surface area contributed by atoms with Crippen molar-refractivity contribution in [2.75, 3.05) is 6.61 Å². The van der Waals surface area contributed by atoms with Crippen molar-refractivity contribution in [3.05, 3.63) is 0 Å². The lowest BCUT2D eigenvalue weighted by Gasteiger charge is -2.59. The van der Waals surface area contributed by atoms with Crippen LogP contribution in [-0.2, 0) is 9.47 Å². The summed E-state index contributed by atoms with van der Waals surface area (Å²) < 4.78 is 13.2. The fourth-order valence-electron chi connectivity index (χ4n) is 6.37. The highest BCUT2D eigenvalue weighted by atomic mass is 16.8. The second-order valence-electron chi connectivity index (χ2n) is 8.12. The second-order valence-corrected chi connectivity index (χ2v) is 8.12. The van der Waals surface area contributed by atoms with Gasteiger partial charge in [0.25, 0.3) is 0 Å². The van der Waals surface area contributed by atoms with Gasteiger partial charge in [-0.3, -0.25) is 0 Å². The molecule has 0 aromatic rings. The molecule has 0 N–H and O–H groups in total. The first kappa shape index (κ1) is 11.6. The summed E-state index contributed by atoms with van der Waals surface area (Å²) in [7, 11) is 0.